The minimum Gasteiger partial charge on any atom is -0.859 e. The monoisotopic (exact) mass is 857 g/mol. The number of aromatic hydroxyl groups is 2. The predicted molar refractivity (Wildman–Crippen MR) is 205 cm³/mol. The molecule has 6 aromatic rings. The van der Waals surface area contributed by atoms with Gasteiger partial charge in [0.1, 0.15) is 27.7 Å². The van der Waals surface area contributed by atoms with Crippen molar-refractivity contribution in [2.24, 2.45) is 25.4 Å². The Morgan fingerprint density at radius 3 is 2.12 bits per heavy atom. The summed E-state index contributed by atoms with van der Waals surface area (Å²) in [5.74, 6) is -1.45. The van der Waals surface area contributed by atoms with E-state index in [9.17, 15) is 37.9 Å². The second-order valence-electron chi connectivity index (χ2n) is 11.2. The van der Waals surface area contributed by atoms with E-state index >= 15 is 0 Å². The van der Waals surface area contributed by atoms with E-state index in [0.29, 0.717) is 33.5 Å². The van der Waals surface area contributed by atoms with Gasteiger partial charge >= 0.3 is 2.85 Å². The van der Waals surface area contributed by atoms with E-state index in [0.717, 1.165) is 18.2 Å². The van der Waals surface area contributed by atoms with Crippen LogP contribution in [0.3, 0.4) is 0 Å². The molecule has 4 aromatic carbocycles. The van der Waals surface area contributed by atoms with Gasteiger partial charge in [-0.15, -0.1) is 26.2 Å². The number of aliphatic imine (C=N–C) groups is 1. The van der Waals surface area contributed by atoms with E-state index in [4.69, 9.17) is 23.2 Å². The van der Waals surface area contributed by atoms with Crippen molar-refractivity contribution in [2.75, 3.05) is 0 Å². The van der Waals surface area contributed by atoms with Crippen molar-refractivity contribution in [3.05, 3.63) is 140 Å². The molecular formula is C35H29Cl2CrN9O8S. The van der Waals surface area contributed by atoms with Gasteiger partial charge in [0, 0.05) is 33.1 Å². The SMILES string of the molecule is C=CC([O-])=Nc1ccc(-n2[nH]c(C)c(N=Nc3cc(Cl)cc(S(=O)(=O)O)c3O)c2=O)cc1.Cc1[n-]n(-c2ccccc2)c(=O)c1N=Nc1cc(Cl)ccc1O.[Cr].[H+].[H+]. The average molecular weight is 859 g/mol. The van der Waals surface area contributed by atoms with Crippen LogP contribution in [0.25, 0.3) is 11.4 Å². The fourth-order valence-electron chi connectivity index (χ4n) is 4.66. The number of phenolic OH excluding ortho intramolecular Hbond substituents is 2. The van der Waals surface area contributed by atoms with Crippen LogP contribution in [-0.4, -0.2) is 43.5 Å². The molecule has 2 aromatic heterocycles. The van der Waals surface area contributed by atoms with Gasteiger partial charge in [0.2, 0.25) is 0 Å². The average Bonchev–Trinajstić information content (AvgIpc) is 3.60. The van der Waals surface area contributed by atoms with Gasteiger partial charge in [0.25, 0.3) is 21.2 Å². The maximum atomic E-state index is 12.8. The summed E-state index contributed by atoms with van der Waals surface area (Å²) in [5.41, 5.74) is 1.07. The van der Waals surface area contributed by atoms with Crippen LogP contribution in [-0.2, 0) is 27.5 Å². The van der Waals surface area contributed by atoms with Crippen molar-refractivity contribution >= 4 is 67.7 Å². The summed E-state index contributed by atoms with van der Waals surface area (Å²) in [5, 5.41) is 53.7. The van der Waals surface area contributed by atoms with Gasteiger partial charge in [-0.05, 0) is 79.6 Å². The molecular weight excluding hydrogens is 829 g/mol. The van der Waals surface area contributed by atoms with Crippen molar-refractivity contribution in [2.45, 2.75) is 18.7 Å². The van der Waals surface area contributed by atoms with Crippen molar-refractivity contribution in [3.63, 3.8) is 0 Å². The largest absolute Gasteiger partial charge is 1.00 e. The first kappa shape index (κ1) is 42.7. The van der Waals surface area contributed by atoms with E-state index in [1.807, 2.05) is 18.2 Å². The normalized spacial score (nSPS) is 11.7. The first-order valence-electron chi connectivity index (χ1n) is 15.5. The summed E-state index contributed by atoms with van der Waals surface area (Å²) in [6.07, 6.45) is 1.07. The number of azo groups is 2. The van der Waals surface area contributed by atoms with Crippen molar-refractivity contribution in [3.8, 4) is 22.9 Å². The molecule has 56 heavy (non-hydrogen) atoms. The van der Waals surface area contributed by atoms with Gasteiger partial charge in [-0.1, -0.05) is 61.0 Å². The number of aryl methyl sites for hydroxylation is 2. The van der Waals surface area contributed by atoms with Crippen molar-refractivity contribution in [1.29, 1.82) is 0 Å². The molecule has 0 fully saturated rings. The van der Waals surface area contributed by atoms with Crippen LogP contribution < -0.4 is 21.3 Å². The molecule has 0 aliphatic heterocycles. The predicted octanol–water partition coefficient (Wildman–Crippen LogP) is 7.17. The molecule has 0 amide bonds. The number of aromatic nitrogens is 4. The Morgan fingerprint density at radius 2 is 1.48 bits per heavy atom. The molecule has 0 saturated heterocycles. The number of aromatic amines is 1. The summed E-state index contributed by atoms with van der Waals surface area (Å²) in [4.78, 5) is 28.1. The summed E-state index contributed by atoms with van der Waals surface area (Å²) in [7, 11) is -4.77. The first-order chi connectivity index (χ1) is 26.1. The fraction of sp³-hybridized carbons (Fsp3) is 0.0571. The molecule has 0 bridgehead atoms. The summed E-state index contributed by atoms with van der Waals surface area (Å²) >= 11 is 11.7. The Balaban J connectivity index is 0.000000398. The van der Waals surface area contributed by atoms with Crippen LogP contribution in [0.4, 0.5) is 28.4 Å². The third kappa shape index (κ3) is 9.96. The smallest absolute Gasteiger partial charge is 0.859 e. The van der Waals surface area contributed by atoms with Gasteiger partial charge in [0.15, 0.2) is 11.4 Å². The van der Waals surface area contributed by atoms with E-state index in [1.54, 1.807) is 38.1 Å². The zero-order valence-electron chi connectivity index (χ0n) is 30.9. The number of hydrogen-bond donors (Lipinski definition) is 4. The number of halogens is 2. The van der Waals surface area contributed by atoms with E-state index < -0.39 is 32.2 Å². The molecule has 2 heterocycles. The summed E-state index contributed by atoms with van der Waals surface area (Å²) < 4.78 is 34.4. The molecule has 288 valence electrons. The van der Waals surface area contributed by atoms with Crippen molar-refractivity contribution < 1.29 is 48.5 Å². The van der Waals surface area contributed by atoms with Gasteiger partial charge in [-0.3, -0.25) is 24.2 Å². The Bertz CT molecular complexity index is 2740. The molecule has 0 spiro atoms. The summed E-state index contributed by atoms with van der Waals surface area (Å²) in [6, 6.07) is 21.6. The molecule has 6 rings (SSSR count). The number of nitrogens with zero attached hydrogens (tertiary/aromatic N) is 8. The van der Waals surface area contributed by atoms with Gasteiger partial charge in [-0.2, -0.15) is 8.42 Å². The standard InChI is InChI=1S/C19H16ClN5O6S.C16H13ClN4O2.Cr/c1-3-16(26)21-12-4-6-13(7-5-12)25-19(28)17(10(2)24-25)23-22-14-8-11(20)9-15(18(14)27)32(29,30)31;1-10-15(19-18-13-9-11(17)7-8-14(13)22)16(23)21(20-10)12-5-3-2-4-6-12;/h3-9,24,27H,1H2,2H3,(H,21,26)(H,29,30,31);2-9H,1H3,(H2,18,19,20,22,23);. The second-order valence-corrected chi connectivity index (χ2v) is 13.4. The first-order valence-corrected chi connectivity index (χ1v) is 17.7. The molecule has 21 heteroatoms. The number of nitrogens with one attached hydrogen (secondary N) is 1. The number of benzene rings is 4. The number of rotatable bonds is 9. The van der Waals surface area contributed by atoms with Gasteiger partial charge in [-0.25, -0.2) is 4.68 Å². The Labute approximate surface area is 341 Å². The Hall–Kier alpha value is -6.07. The van der Waals surface area contributed by atoms with Crippen LogP contribution in [0.2, 0.25) is 10.0 Å². The molecule has 0 atom stereocenters. The summed E-state index contributed by atoms with van der Waals surface area (Å²) in [6.45, 7) is 6.56. The molecule has 0 saturated carbocycles. The molecule has 0 aliphatic carbocycles. The maximum Gasteiger partial charge on any atom is 1.00 e. The van der Waals surface area contributed by atoms with E-state index in [1.165, 1.54) is 39.7 Å². The zero-order chi connectivity index (χ0) is 40.0. The third-order valence-corrected chi connectivity index (χ3v) is 8.62. The topological polar surface area (TPSA) is 254 Å². The van der Waals surface area contributed by atoms with Gasteiger partial charge in [0.05, 0.1) is 17.1 Å². The van der Waals surface area contributed by atoms with Crippen molar-refractivity contribution in [1.82, 2.24) is 19.6 Å². The number of para-hydroxylation sites is 1. The molecule has 0 aliphatic rings. The molecule has 0 unspecified atom stereocenters. The molecule has 4 N–H and O–H groups in total. The molecule has 17 nitrogen and oxygen atoms in total. The minimum absolute atomic E-state index is 0. The van der Waals surface area contributed by atoms with Crippen LogP contribution in [0.15, 0.2) is 138 Å². The Morgan fingerprint density at radius 1 is 0.857 bits per heavy atom. The number of H-pyrrole nitrogens is 1. The van der Waals surface area contributed by atoms with E-state index in [2.05, 4.69) is 42.2 Å². The van der Waals surface area contributed by atoms with E-state index in [-0.39, 0.29) is 59.3 Å². The minimum atomic E-state index is -4.77. The Kier molecular flexibility index (Phi) is 13.7. The van der Waals surface area contributed by atoms with Crippen LogP contribution in [0.1, 0.15) is 14.2 Å². The third-order valence-electron chi connectivity index (χ3n) is 7.30. The maximum absolute atomic E-state index is 12.8. The quantitative estimate of drug-likeness (QED) is 0.0497. The van der Waals surface area contributed by atoms with Gasteiger partial charge < -0.3 is 25.1 Å². The second kappa shape index (κ2) is 18.0. The zero-order valence-corrected chi connectivity index (χ0v) is 32.5. The molecule has 0 radical (unpaired) electrons. The number of phenols is 2. The number of hydrogen-bond acceptors (Lipinski definition) is 12. The van der Waals surface area contributed by atoms with Crippen LogP contribution in [0, 0.1) is 13.8 Å². The fourth-order valence-corrected chi connectivity index (χ4v) is 5.73. The van der Waals surface area contributed by atoms with Crippen LogP contribution >= 0.6 is 23.2 Å². The van der Waals surface area contributed by atoms with Crippen LogP contribution in [0.5, 0.6) is 11.5 Å².